The van der Waals surface area contributed by atoms with E-state index in [-0.39, 0.29) is 11.9 Å². The smallest absolute Gasteiger partial charge is 0.251 e. The van der Waals surface area contributed by atoms with E-state index in [1.54, 1.807) is 25.1 Å². The summed E-state index contributed by atoms with van der Waals surface area (Å²) in [5.41, 5.74) is 1.84. The molecule has 0 bridgehead atoms. The van der Waals surface area contributed by atoms with Gasteiger partial charge in [-0.25, -0.2) is 4.98 Å². The standard InChI is InChI=1S/C18H22N2O2S/c1-3-16(12-22-2)20-18(21)15-9-7-14(8-10-15)13-23-17-6-4-5-11-19-17/h4-11,16H,3,12-13H2,1-2H3,(H,20,21)/t16-/m1/s1. The second-order valence-corrected chi connectivity index (χ2v) is 6.18. The SMILES string of the molecule is CC[C@H](COC)NC(=O)c1ccc(CSc2ccccn2)cc1. The topological polar surface area (TPSA) is 51.2 Å². The molecule has 0 aliphatic carbocycles. The van der Waals surface area contributed by atoms with Gasteiger partial charge in [0.25, 0.3) is 5.91 Å². The number of carbonyl (C=O) groups excluding carboxylic acids is 1. The number of nitrogens with zero attached hydrogens (tertiary/aromatic N) is 1. The minimum Gasteiger partial charge on any atom is -0.383 e. The molecule has 122 valence electrons. The van der Waals surface area contributed by atoms with Crippen LogP contribution in [0.15, 0.2) is 53.7 Å². The lowest BCUT2D eigenvalue weighted by Crippen LogP contribution is -2.37. The van der Waals surface area contributed by atoms with Crippen molar-refractivity contribution in [1.82, 2.24) is 10.3 Å². The molecular formula is C18H22N2O2S. The minimum atomic E-state index is -0.0576. The minimum absolute atomic E-state index is 0.0480. The summed E-state index contributed by atoms with van der Waals surface area (Å²) < 4.78 is 5.10. The van der Waals surface area contributed by atoms with Gasteiger partial charge in [0.15, 0.2) is 0 Å². The highest BCUT2D eigenvalue weighted by molar-refractivity contribution is 7.98. The maximum Gasteiger partial charge on any atom is 0.251 e. The van der Waals surface area contributed by atoms with Gasteiger partial charge in [0.1, 0.15) is 0 Å². The van der Waals surface area contributed by atoms with Gasteiger partial charge in [-0.2, -0.15) is 0 Å². The van der Waals surface area contributed by atoms with Crippen LogP contribution in [0.25, 0.3) is 0 Å². The number of nitrogens with one attached hydrogen (secondary N) is 1. The van der Waals surface area contributed by atoms with Crippen LogP contribution in [0.3, 0.4) is 0 Å². The molecule has 5 heteroatoms. The third-order valence-corrected chi connectivity index (χ3v) is 4.45. The van der Waals surface area contributed by atoms with Crippen LogP contribution in [0.5, 0.6) is 0 Å². The molecule has 4 nitrogen and oxygen atoms in total. The van der Waals surface area contributed by atoms with Crippen LogP contribution in [-0.4, -0.2) is 30.6 Å². The van der Waals surface area contributed by atoms with E-state index in [1.807, 2.05) is 49.4 Å². The van der Waals surface area contributed by atoms with E-state index < -0.39 is 0 Å². The fraction of sp³-hybridized carbons (Fsp3) is 0.333. The highest BCUT2D eigenvalue weighted by Gasteiger charge is 2.11. The zero-order chi connectivity index (χ0) is 16.5. The first-order valence-electron chi connectivity index (χ1n) is 7.65. The van der Waals surface area contributed by atoms with Crippen molar-refractivity contribution < 1.29 is 9.53 Å². The molecule has 0 aliphatic rings. The van der Waals surface area contributed by atoms with Crippen molar-refractivity contribution in [2.75, 3.05) is 13.7 Å². The summed E-state index contributed by atoms with van der Waals surface area (Å²) in [4.78, 5) is 16.5. The van der Waals surface area contributed by atoms with Gasteiger partial charge in [-0.05, 0) is 36.2 Å². The van der Waals surface area contributed by atoms with E-state index >= 15 is 0 Å². The van der Waals surface area contributed by atoms with Crippen molar-refractivity contribution in [3.8, 4) is 0 Å². The van der Waals surface area contributed by atoms with E-state index in [4.69, 9.17) is 4.74 Å². The van der Waals surface area contributed by atoms with Crippen LogP contribution in [0, 0.1) is 0 Å². The monoisotopic (exact) mass is 330 g/mol. The highest BCUT2D eigenvalue weighted by Crippen LogP contribution is 2.20. The van der Waals surface area contributed by atoms with Crippen molar-refractivity contribution in [1.29, 1.82) is 0 Å². The van der Waals surface area contributed by atoms with Gasteiger partial charge >= 0.3 is 0 Å². The Bertz CT molecular complexity index is 602. The molecule has 0 aliphatic heterocycles. The predicted octanol–water partition coefficient (Wildman–Crippen LogP) is 3.53. The number of hydrogen-bond acceptors (Lipinski definition) is 4. The number of carbonyl (C=O) groups is 1. The second kappa shape index (κ2) is 9.33. The fourth-order valence-electron chi connectivity index (χ4n) is 2.07. The van der Waals surface area contributed by atoms with E-state index in [0.717, 1.165) is 17.2 Å². The maximum absolute atomic E-state index is 12.2. The van der Waals surface area contributed by atoms with Crippen LogP contribution in [0.1, 0.15) is 29.3 Å². The van der Waals surface area contributed by atoms with Crippen LogP contribution >= 0.6 is 11.8 Å². The van der Waals surface area contributed by atoms with Gasteiger partial charge in [0.05, 0.1) is 17.7 Å². The van der Waals surface area contributed by atoms with E-state index in [0.29, 0.717) is 12.2 Å². The highest BCUT2D eigenvalue weighted by atomic mass is 32.2. The van der Waals surface area contributed by atoms with Crippen molar-refractivity contribution in [2.24, 2.45) is 0 Å². The van der Waals surface area contributed by atoms with Crippen molar-refractivity contribution >= 4 is 17.7 Å². The molecule has 0 saturated carbocycles. The quantitative estimate of drug-likeness (QED) is 0.752. The molecule has 1 N–H and O–H groups in total. The third-order valence-electron chi connectivity index (χ3n) is 3.44. The Hall–Kier alpha value is -1.85. The Morgan fingerprint density at radius 2 is 2.04 bits per heavy atom. The van der Waals surface area contributed by atoms with E-state index in [2.05, 4.69) is 10.3 Å². The van der Waals surface area contributed by atoms with Gasteiger partial charge < -0.3 is 10.1 Å². The first-order chi connectivity index (χ1) is 11.2. The molecule has 1 aromatic heterocycles. The van der Waals surface area contributed by atoms with Gasteiger partial charge in [0.2, 0.25) is 0 Å². The van der Waals surface area contributed by atoms with Crippen LogP contribution in [0.2, 0.25) is 0 Å². The van der Waals surface area contributed by atoms with Gasteiger partial charge in [-0.1, -0.05) is 25.1 Å². The number of pyridine rings is 1. The molecule has 0 unspecified atom stereocenters. The molecule has 0 spiro atoms. The first-order valence-corrected chi connectivity index (χ1v) is 8.64. The van der Waals surface area contributed by atoms with Crippen molar-refractivity contribution in [2.45, 2.75) is 30.2 Å². The maximum atomic E-state index is 12.2. The van der Waals surface area contributed by atoms with Crippen LogP contribution < -0.4 is 5.32 Å². The molecule has 2 rings (SSSR count). The number of rotatable bonds is 8. The Kier molecular flexibility index (Phi) is 7.10. The largest absolute Gasteiger partial charge is 0.383 e. The number of hydrogen-bond donors (Lipinski definition) is 1. The zero-order valence-electron chi connectivity index (χ0n) is 13.5. The van der Waals surface area contributed by atoms with Crippen LogP contribution in [-0.2, 0) is 10.5 Å². The predicted molar refractivity (Wildman–Crippen MR) is 93.7 cm³/mol. The molecule has 0 fully saturated rings. The Balaban J connectivity index is 1.89. The number of benzene rings is 1. The van der Waals surface area contributed by atoms with Crippen molar-refractivity contribution in [3.63, 3.8) is 0 Å². The number of thioether (sulfide) groups is 1. The lowest BCUT2D eigenvalue weighted by molar-refractivity contribution is 0.0894. The number of aromatic nitrogens is 1. The summed E-state index contributed by atoms with van der Waals surface area (Å²) in [5, 5.41) is 3.98. The number of methoxy groups -OCH3 is 1. The summed E-state index contributed by atoms with van der Waals surface area (Å²) >= 11 is 1.68. The molecule has 23 heavy (non-hydrogen) atoms. The molecule has 1 aromatic carbocycles. The number of amides is 1. The van der Waals surface area contributed by atoms with Crippen LogP contribution in [0.4, 0.5) is 0 Å². The molecule has 2 aromatic rings. The second-order valence-electron chi connectivity index (χ2n) is 5.19. The Labute approximate surface area is 141 Å². The Morgan fingerprint density at radius 3 is 2.65 bits per heavy atom. The molecule has 0 radical (unpaired) electrons. The lowest BCUT2D eigenvalue weighted by Gasteiger charge is -2.16. The van der Waals surface area contributed by atoms with Crippen molar-refractivity contribution in [3.05, 3.63) is 59.8 Å². The first kappa shape index (κ1) is 17.5. The molecule has 1 amide bonds. The average Bonchev–Trinajstić information content (AvgIpc) is 2.60. The third kappa shape index (κ3) is 5.69. The fourth-order valence-corrected chi connectivity index (χ4v) is 2.89. The van der Waals surface area contributed by atoms with Gasteiger partial charge in [-0.3, -0.25) is 4.79 Å². The molecule has 1 heterocycles. The summed E-state index contributed by atoms with van der Waals surface area (Å²) in [6, 6.07) is 13.6. The molecule has 1 atom stereocenters. The summed E-state index contributed by atoms with van der Waals surface area (Å²) in [6.07, 6.45) is 2.64. The van der Waals surface area contributed by atoms with E-state index in [1.165, 1.54) is 5.56 Å². The Morgan fingerprint density at radius 1 is 1.26 bits per heavy atom. The summed E-state index contributed by atoms with van der Waals surface area (Å²) in [6.45, 7) is 2.56. The lowest BCUT2D eigenvalue weighted by atomic mass is 10.1. The molecule has 0 saturated heterocycles. The summed E-state index contributed by atoms with van der Waals surface area (Å²) in [7, 11) is 1.64. The normalized spacial score (nSPS) is 11.9. The number of ether oxygens (including phenoxy) is 1. The summed E-state index contributed by atoms with van der Waals surface area (Å²) in [5.74, 6) is 0.776. The zero-order valence-corrected chi connectivity index (χ0v) is 14.3. The van der Waals surface area contributed by atoms with Gasteiger partial charge in [-0.15, -0.1) is 11.8 Å². The average molecular weight is 330 g/mol. The molecular weight excluding hydrogens is 308 g/mol. The van der Waals surface area contributed by atoms with E-state index in [9.17, 15) is 4.79 Å². The van der Waals surface area contributed by atoms with Gasteiger partial charge in [0, 0.05) is 24.6 Å².